The molecular weight excluding hydrogens is 408 g/mol. The summed E-state index contributed by atoms with van der Waals surface area (Å²) < 4.78 is 33.5. The number of halogens is 1. The highest BCUT2D eigenvalue weighted by atomic mass is 35.5. The van der Waals surface area contributed by atoms with Gasteiger partial charge in [-0.25, -0.2) is 8.42 Å². The number of nitrogens with one attached hydrogen (secondary N) is 1. The summed E-state index contributed by atoms with van der Waals surface area (Å²) in [6.07, 6.45) is 1.39. The minimum absolute atomic E-state index is 0.0271. The summed E-state index contributed by atoms with van der Waals surface area (Å²) in [4.78, 5) is 14.8. The molecule has 1 amide bonds. The van der Waals surface area contributed by atoms with Gasteiger partial charge >= 0.3 is 0 Å². The first kappa shape index (κ1) is 20.1. The maximum absolute atomic E-state index is 12.8. The van der Waals surface area contributed by atoms with E-state index in [4.69, 9.17) is 16.3 Å². The van der Waals surface area contributed by atoms with Crippen LogP contribution in [0.4, 0.5) is 5.69 Å². The average molecular weight is 429 g/mol. The van der Waals surface area contributed by atoms with Gasteiger partial charge in [-0.2, -0.15) is 0 Å². The van der Waals surface area contributed by atoms with Crippen molar-refractivity contribution in [2.75, 3.05) is 31.0 Å². The smallest absolute Gasteiger partial charge is 0.262 e. The molecule has 1 aliphatic heterocycles. The number of benzene rings is 1. The van der Waals surface area contributed by atoms with Crippen molar-refractivity contribution in [3.8, 4) is 0 Å². The summed E-state index contributed by atoms with van der Waals surface area (Å²) in [6.45, 7) is 3.57. The van der Waals surface area contributed by atoms with E-state index in [1.54, 1.807) is 30.0 Å². The van der Waals surface area contributed by atoms with E-state index in [2.05, 4.69) is 4.72 Å². The van der Waals surface area contributed by atoms with Gasteiger partial charge < -0.3 is 9.64 Å². The van der Waals surface area contributed by atoms with Crippen molar-refractivity contribution in [2.24, 2.45) is 0 Å². The normalized spacial score (nSPS) is 15.6. The molecule has 0 aliphatic carbocycles. The quantitative estimate of drug-likeness (QED) is 0.765. The zero-order chi connectivity index (χ0) is 19.4. The van der Waals surface area contributed by atoms with E-state index in [9.17, 15) is 13.2 Å². The summed E-state index contributed by atoms with van der Waals surface area (Å²) in [5.41, 5.74) is 1.05. The molecule has 146 valence electrons. The van der Waals surface area contributed by atoms with Crippen LogP contribution in [0.5, 0.6) is 0 Å². The average Bonchev–Trinajstić information content (AvgIpc) is 2.94. The Hall–Kier alpha value is -1.61. The molecule has 0 radical (unpaired) electrons. The third-order valence-electron chi connectivity index (χ3n) is 4.40. The molecule has 9 heteroatoms. The second kappa shape index (κ2) is 8.60. The van der Waals surface area contributed by atoms with Crippen molar-refractivity contribution < 1.29 is 17.9 Å². The Balaban J connectivity index is 1.73. The topological polar surface area (TPSA) is 75.7 Å². The molecule has 0 atom stereocenters. The van der Waals surface area contributed by atoms with Crippen molar-refractivity contribution in [3.63, 3.8) is 0 Å². The zero-order valence-corrected chi connectivity index (χ0v) is 17.3. The molecule has 6 nitrogen and oxygen atoms in total. The van der Waals surface area contributed by atoms with E-state index in [1.165, 1.54) is 17.4 Å². The first-order valence-corrected chi connectivity index (χ1v) is 11.3. The molecule has 1 saturated heterocycles. The Morgan fingerprint density at radius 2 is 2.15 bits per heavy atom. The maximum atomic E-state index is 12.8. The lowest BCUT2D eigenvalue weighted by atomic mass is 10.2. The highest BCUT2D eigenvalue weighted by Crippen LogP contribution is 2.29. The highest BCUT2D eigenvalue weighted by molar-refractivity contribution is 7.92. The predicted molar refractivity (Wildman–Crippen MR) is 107 cm³/mol. The van der Waals surface area contributed by atoms with Gasteiger partial charge in [-0.05, 0) is 42.5 Å². The third kappa shape index (κ3) is 4.82. The summed E-state index contributed by atoms with van der Waals surface area (Å²) in [6, 6.07) is 6.55. The van der Waals surface area contributed by atoms with Crippen LogP contribution in [0.2, 0.25) is 5.02 Å². The van der Waals surface area contributed by atoms with E-state index in [-0.39, 0.29) is 17.4 Å². The SMILES string of the molecule is Cc1c(Cl)cccc1S(=O)(=O)Nc1ccsc1CCN1CCCOCC1=O. The van der Waals surface area contributed by atoms with Crippen molar-refractivity contribution in [1.29, 1.82) is 0 Å². The fourth-order valence-corrected chi connectivity index (χ4v) is 5.39. The van der Waals surface area contributed by atoms with E-state index >= 15 is 0 Å². The molecule has 1 aromatic carbocycles. The minimum Gasteiger partial charge on any atom is -0.372 e. The van der Waals surface area contributed by atoms with Gasteiger partial charge in [-0.3, -0.25) is 9.52 Å². The predicted octanol–water partition coefficient (Wildman–Crippen LogP) is 3.30. The second-order valence-corrected chi connectivity index (χ2v) is 9.32. The summed E-state index contributed by atoms with van der Waals surface area (Å²) in [7, 11) is -3.75. The largest absolute Gasteiger partial charge is 0.372 e. The number of carbonyl (C=O) groups excluding carboxylic acids is 1. The monoisotopic (exact) mass is 428 g/mol. The molecule has 1 aliphatic rings. The Kier molecular flexibility index (Phi) is 6.41. The first-order chi connectivity index (χ1) is 12.9. The van der Waals surface area contributed by atoms with Gasteiger partial charge in [-0.15, -0.1) is 11.3 Å². The van der Waals surface area contributed by atoms with Crippen LogP contribution < -0.4 is 4.72 Å². The van der Waals surface area contributed by atoms with Crippen LogP contribution in [0.1, 0.15) is 16.9 Å². The van der Waals surface area contributed by atoms with Crippen molar-refractivity contribution in [2.45, 2.75) is 24.7 Å². The number of nitrogens with zero attached hydrogens (tertiary/aromatic N) is 1. The molecule has 0 spiro atoms. The highest BCUT2D eigenvalue weighted by Gasteiger charge is 2.21. The van der Waals surface area contributed by atoms with Crippen molar-refractivity contribution in [1.82, 2.24) is 4.90 Å². The second-order valence-electron chi connectivity index (χ2n) is 6.26. The molecular formula is C18H21ClN2O4S2. The Labute approximate surface area is 168 Å². The van der Waals surface area contributed by atoms with Gasteiger partial charge in [0.2, 0.25) is 5.91 Å². The number of carbonyl (C=O) groups is 1. The number of thiophene rings is 1. The Morgan fingerprint density at radius 3 is 2.96 bits per heavy atom. The number of sulfonamides is 1. The van der Waals surface area contributed by atoms with Crippen LogP contribution in [0.15, 0.2) is 34.5 Å². The molecule has 27 heavy (non-hydrogen) atoms. The molecule has 3 rings (SSSR count). The number of rotatable bonds is 6. The van der Waals surface area contributed by atoms with Gasteiger partial charge in [0.1, 0.15) is 6.61 Å². The van der Waals surface area contributed by atoms with Crippen LogP contribution in [0.25, 0.3) is 0 Å². The fourth-order valence-electron chi connectivity index (χ4n) is 2.91. The van der Waals surface area contributed by atoms with Crippen LogP contribution in [0, 0.1) is 6.92 Å². The lowest BCUT2D eigenvalue weighted by Gasteiger charge is -2.19. The number of ether oxygens (including phenoxy) is 1. The minimum atomic E-state index is -3.75. The summed E-state index contributed by atoms with van der Waals surface area (Å²) in [5, 5.41) is 2.25. The molecule has 1 aromatic heterocycles. The first-order valence-electron chi connectivity index (χ1n) is 8.58. The lowest BCUT2D eigenvalue weighted by molar-refractivity contribution is -0.133. The van der Waals surface area contributed by atoms with Gasteiger partial charge in [0.25, 0.3) is 10.0 Å². The summed E-state index contributed by atoms with van der Waals surface area (Å²) in [5.74, 6) is -0.0271. The number of anilines is 1. The maximum Gasteiger partial charge on any atom is 0.262 e. The molecule has 2 heterocycles. The standard InChI is InChI=1S/C18H21ClN2O4S2/c1-13-14(19)4-2-5-17(13)27(23,24)20-15-7-11-26-16(15)6-9-21-8-3-10-25-12-18(21)22/h2,4-5,7,11,20H,3,6,8-10,12H2,1H3. The zero-order valence-electron chi connectivity index (χ0n) is 14.9. The third-order valence-corrected chi connectivity index (χ3v) is 7.30. The number of hydrogen-bond acceptors (Lipinski definition) is 5. The molecule has 2 aromatic rings. The summed E-state index contributed by atoms with van der Waals surface area (Å²) >= 11 is 7.52. The fraction of sp³-hybridized carbons (Fsp3) is 0.389. The molecule has 0 unspecified atom stereocenters. The van der Waals surface area contributed by atoms with Crippen LogP contribution in [0.3, 0.4) is 0 Å². The Morgan fingerprint density at radius 1 is 1.33 bits per heavy atom. The van der Waals surface area contributed by atoms with Crippen LogP contribution >= 0.6 is 22.9 Å². The number of amides is 1. The van der Waals surface area contributed by atoms with Gasteiger partial charge in [0.15, 0.2) is 0 Å². The molecule has 0 saturated carbocycles. The van der Waals surface area contributed by atoms with Crippen molar-refractivity contribution >= 4 is 44.6 Å². The molecule has 1 fully saturated rings. The van der Waals surface area contributed by atoms with Crippen LogP contribution in [-0.2, 0) is 26.0 Å². The van der Waals surface area contributed by atoms with E-state index in [0.717, 1.165) is 11.3 Å². The number of hydrogen-bond donors (Lipinski definition) is 1. The van der Waals surface area contributed by atoms with Gasteiger partial charge in [-0.1, -0.05) is 17.7 Å². The molecule has 0 bridgehead atoms. The van der Waals surface area contributed by atoms with Crippen LogP contribution in [-0.4, -0.2) is 45.5 Å². The molecule has 1 N–H and O–H groups in total. The lowest BCUT2D eigenvalue weighted by Crippen LogP contribution is -2.34. The van der Waals surface area contributed by atoms with Crippen molar-refractivity contribution in [3.05, 3.63) is 45.1 Å². The van der Waals surface area contributed by atoms with E-state index in [1.807, 2.05) is 5.38 Å². The van der Waals surface area contributed by atoms with Gasteiger partial charge in [0.05, 0.1) is 10.6 Å². The van der Waals surface area contributed by atoms with E-state index < -0.39 is 10.0 Å². The Bertz CT molecular complexity index is 927. The van der Waals surface area contributed by atoms with E-state index in [0.29, 0.717) is 42.4 Å². The van der Waals surface area contributed by atoms with Gasteiger partial charge in [0, 0.05) is 36.0 Å².